The van der Waals surface area contributed by atoms with Gasteiger partial charge in [-0.3, -0.25) is 14.5 Å². The molecule has 4 heterocycles. The molecule has 33 heavy (non-hydrogen) atoms. The minimum absolute atomic E-state index is 0.0362. The highest BCUT2D eigenvalue weighted by atomic mass is 16.7. The fourth-order valence-corrected chi connectivity index (χ4v) is 4.49. The van der Waals surface area contributed by atoms with Crippen LogP contribution < -0.4 is 19.1 Å². The highest BCUT2D eigenvalue weighted by molar-refractivity contribution is 6.51. The number of Topliss-reactive ketones (excluding diaryl/α,β-unsaturated/α-hetero) is 1. The van der Waals surface area contributed by atoms with E-state index in [0.717, 1.165) is 11.3 Å². The Morgan fingerprint density at radius 3 is 2.61 bits per heavy atom. The molecular weight excluding hydrogens is 426 g/mol. The molecule has 1 atom stereocenters. The molecule has 1 saturated heterocycles. The zero-order chi connectivity index (χ0) is 22.7. The second-order valence-electron chi connectivity index (χ2n) is 8.08. The van der Waals surface area contributed by atoms with E-state index >= 15 is 0 Å². The van der Waals surface area contributed by atoms with E-state index in [1.54, 1.807) is 55.5 Å². The SMILES string of the molecule is Cc1ccc(C2/C(=C(/O)c3ccc4c(c3)CCO4)C(=O)C(=O)N2c2ccc3c(c2)OCO3)o1. The number of anilines is 1. The molecule has 0 aliphatic carbocycles. The molecule has 3 aliphatic heterocycles. The number of aliphatic hydroxyl groups is 1. The van der Waals surface area contributed by atoms with Crippen molar-refractivity contribution in [3.8, 4) is 17.2 Å². The Hall–Kier alpha value is -4.20. The van der Waals surface area contributed by atoms with Crippen molar-refractivity contribution in [3.63, 3.8) is 0 Å². The third-order valence-electron chi connectivity index (χ3n) is 6.07. The zero-order valence-corrected chi connectivity index (χ0v) is 17.7. The smallest absolute Gasteiger partial charge is 0.300 e. The molecule has 1 unspecified atom stereocenters. The van der Waals surface area contributed by atoms with Crippen LogP contribution >= 0.6 is 0 Å². The van der Waals surface area contributed by atoms with Crippen LogP contribution in [-0.2, 0) is 16.0 Å². The first-order chi connectivity index (χ1) is 16.0. The van der Waals surface area contributed by atoms with Crippen LogP contribution in [0.5, 0.6) is 17.2 Å². The molecule has 1 fully saturated rings. The van der Waals surface area contributed by atoms with Crippen molar-refractivity contribution in [2.75, 3.05) is 18.3 Å². The average molecular weight is 445 g/mol. The van der Waals surface area contributed by atoms with Crippen LogP contribution in [0.2, 0.25) is 0 Å². The molecule has 0 spiro atoms. The molecule has 8 heteroatoms. The van der Waals surface area contributed by atoms with Crippen LogP contribution in [0.15, 0.2) is 58.5 Å². The van der Waals surface area contributed by atoms with Gasteiger partial charge in [0.05, 0.1) is 12.2 Å². The zero-order valence-electron chi connectivity index (χ0n) is 17.7. The predicted octanol–water partition coefficient (Wildman–Crippen LogP) is 3.88. The Morgan fingerprint density at radius 1 is 0.970 bits per heavy atom. The quantitative estimate of drug-likeness (QED) is 0.371. The van der Waals surface area contributed by atoms with Crippen LogP contribution in [0.25, 0.3) is 5.76 Å². The van der Waals surface area contributed by atoms with Crippen molar-refractivity contribution in [3.05, 3.63) is 76.8 Å². The Bertz CT molecular complexity index is 1350. The molecule has 0 radical (unpaired) electrons. The number of carbonyl (C=O) groups excluding carboxylic acids is 2. The standard InChI is InChI=1S/C25H19NO7/c1-13-2-5-19(33-13)22-21(23(27)15-3-6-17-14(10-15)8-9-30-17)24(28)25(29)26(22)16-4-7-18-20(11-16)32-12-31-18/h2-7,10-11,22,27H,8-9,12H2,1H3/b23-21-. The number of benzene rings is 2. The lowest BCUT2D eigenvalue weighted by Gasteiger charge is -2.23. The minimum Gasteiger partial charge on any atom is -0.507 e. The molecular formula is C25H19NO7. The first-order valence-electron chi connectivity index (χ1n) is 10.5. The lowest BCUT2D eigenvalue weighted by Crippen LogP contribution is -2.29. The fraction of sp³-hybridized carbons (Fsp3) is 0.200. The van der Waals surface area contributed by atoms with Crippen LogP contribution in [-0.4, -0.2) is 30.2 Å². The number of aryl methyl sites for hydroxylation is 1. The number of aliphatic hydroxyl groups excluding tert-OH is 1. The summed E-state index contributed by atoms with van der Waals surface area (Å²) < 4.78 is 22.2. The van der Waals surface area contributed by atoms with Crippen molar-refractivity contribution in [2.45, 2.75) is 19.4 Å². The van der Waals surface area contributed by atoms with Gasteiger partial charge >= 0.3 is 0 Å². The van der Waals surface area contributed by atoms with Gasteiger partial charge < -0.3 is 23.7 Å². The highest BCUT2D eigenvalue weighted by Gasteiger charge is 2.48. The lowest BCUT2D eigenvalue weighted by atomic mass is 9.98. The van der Waals surface area contributed by atoms with Crippen LogP contribution in [0.3, 0.4) is 0 Å². The van der Waals surface area contributed by atoms with E-state index in [2.05, 4.69) is 0 Å². The first-order valence-corrected chi connectivity index (χ1v) is 10.5. The van der Waals surface area contributed by atoms with Gasteiger partial charge in [-0.05, 0) is 55.0 Å². The van der Waals surface area contributed by atoms with Crippen molar-refractivity contribution in [1.29, 1.82) is 0 Å². The predicted molar refractivity (Wildman–Crippen MR) is 116 cm³/mol. The Kier molecular flexibility index (Phi) is 4.23. The van der Waals surface area contributed by atoms with Gasteiger partial charge in [0, 0.05) is 23.7 Å². The summed E-state index contributed by atoms with van der Waals surface area (Å²) in [6, 6.07) is 12.7. The van der Waals surface area contributed by atoms with Crippen LogP contribution in [0, 0.1) is 6.92 Å². The van der Waals surface area contributed by atoms with Crippen molar-refractivity contribution in [2.24, 2.45) is 0 Å². The molecule has 3 aliphatic rings. The van der Waals surface area contributed by atoms with E-state index in [0.29, 0.717) is 47.3 Å². The third kappa shape index (κ3) is 2.98. The summed E-state index contributed by atoms with van der Waals surface area (Å²) in [5, 5.41) is 11.3. The van der Waals surface area contributed by atoms with Gasteiger partial charge in [-0.15, -0.1) is 0 Å². The second-order valence-corrected chi connectivity index (χ2v) is 8.08. The minimum atomic E-state index is -0.941. The fourth-order valence-electron chi connectivity index (χ4n) is 4.49. The van der Waals surface area contributed by atoms with Gasteiger partial charge in [0.1, 0.15) is 29.1 Å². The topological polar surface area (TPSA) is 98.4 Å². The maximum absolute atomic E-state index is 13.2. The van der Waals surface area contributed by atoms with Crippen LogP contribution in [0.1, 0.15) is 28.7 Å². The molecule has 1 aromatic heterocycles. The van der Waals surface area contributed by atoms with Crippen molar-refractivity contribution in [1.82, 2.24) is 0 Å². The number of hydrogen-bond acceptors (Lipinski definition) is 7. The summed E-state index contributed by atoms with van der Waals surface area (Å²) in [5.74, 6) is 0.964. The number of fused-ring (bicyclic) bond motifs is 2. The number of ether oxygens (including phenoxy) is 3. The number of furan rings is 1. The molecule has 0 saturated carbocycles. The summed E-state index contributed by atoms with van der Waals surface area (Å²) in [4.78, 5) is 27.8. The number of nitrogens with zero attached hydrogens (tertiary/aromatic N) is 1. The van der Waals surface area contributed by atoms with E-state index < -0.39 is 17.7 Å². The molecule has 3 aromatic rings. The lowest BCUT2D eigenvalue weighted by molar-refractivity contribution is -0.132. The summed E-state index contributed by atoms with van der Waals surface area (Å²) in [6.45, 7) is 2.43. The van der Waals surface area contributed by atoms with E-state index in [1.165, 1.54) is 4.90 Å². The normalized spacial score (nSPS) is 20.3. The highest BCUT2D eigenvalue weighted by Crippen LogP contribution is 2.45. The summed E-state index contributed by atoms with van der Waals surface area (Å²) in [6.07, 6.45) is 0.711. The Morgan fingerprint density at radius 2 is 1.79 bits per heavy atom. The van der Waals surface area contributed by atoms with E-state index in [-0.39, 0.29) is 18.1 Å². The number of rotatable bonds is 3. The number of hydrogen-bond donors (Lipinski definition) is 1. The second kappa shape index (κ2) is 7.16. The van der Waals surface area contributed by atoms with E-state index in [1.807, 2.05) is 0 Å². The molecule has 8 nitrogen and oxygen atoms in total. The molecule has 1 amide bonds. The van der Waals surface area contributed by atoms with E-state index in [9.17, 15) is 14.7 Å². The third-order valence-corrected chi connectivity index (χ3v) is 6.07. The Labute approximate surface area is 188 Å². The largest absolute Gasteiger partial charge is 0.507 e. The van der Waals surface area contributed by atoms with Crippen LogP contribution in [0.4, 0.5) is 5.69 Å². The Balaban J connectivity index is 1.52. The molecule has 2 aromatic carbocycles. The van der Waals surface area contributed by atoms with Gasteiger partial charge in [-0.1, -0.05) is 0 Å². The van der Waals surface area contributed by atoms with Gasteiger partial charge in [-0.2, -0.15) is 0 Å². The number of carbonyl (C=O) groups is 2. The molecule has 0 bridgehead atoms. The number of ketones is 1. The average Bonchev–Trinajstić information content (AvgIpc) is 3.60. The maximum atomic E-state index is 13.2. The van der Waals surface area contributed by atoms with Crippen molar-refractivity contribution < 1.29 is 33.3 Å². The summed E-state index contributed by atoms with van der Waals surface area (Å²) >= 11 is 0. The first kappa shape index (κ1) is 19.5. The molecule has 1 N–H and O–H groups in total. The molecule has 166 valence electrons. The monoisotopic (exact) mass is 445 g/mol. The number of amides is 1. The van der Waals surface area contributed by atoms with Gasteiger partial charge in [0.15, 0.2) is 11.5 Å². The van der Waals surface area contributed by atoms with Gasteiger partial charge in [0.2, 0.25) is 6.79 Å². The van der Waals surface area contributed by atoms with Gasteiger partial charge in [0.25, 0.3) is 11.7 Å². The summed E-state index contributed by atoms with van der Waals surface area (Å²) in [7, 11) is 0. The molecule has 6 rings (SSSR count). The van der Waals surface area contributed by atoms with Gasteiger partial charge in [-0.25, -0.2) is 0 Å². The van der Waals surface area contributed by atoms with E-state index in [4.69, 9.17) is 18.6 Å². The van der Waals surface area contributed by atoms with Crippen molar-refractivity contribution >= 4 is 23.1 Å². The summed E-state index contributed by atoms with van der Waals surface area (Å²) in [5.41, 5.74) is 1.78. The maximum Gasteiger partial charge on any atom is 0.300 e.